The number of hydrogen-bond donors (Lipinski definition) is 2. The molecule has 2 N–H and O–H groups in total. The van der Waals surface area contributed by atoms with Gasteiger partial charge in [-0.2, -0.15) is 0 Å². The number of aliphatic hydroxyl groups is 1. The van der Waals surface area contributed by atoms with Crippen LogP contribution < -0.4 is 5.32 Å². The topological polar surface area (TPSA) is 32.3 Å². The SMILES string of the molecule is OCC1(NCc2cc(Cl)ccc2F)CCc2ccccc21. The molecule has 2 nitrogen and oxygen atoms in total. The van der Waals surface area contributed by atoms with Crippen LogP contribution >= 0.6 is 11.6 Å². The maximum Gasteiger partial charge on any atom is 0.127 e. The highest BCUT2D eigenvalue weighted by Gasteiger charge is 2.37. The Bertz CT molecular complexity index is 661. The molecule has 0 aromatic heterocycles. The number of aliphatic hydroxyl groups excluding tert-OH is 1. The molecule has 2 aromatic carbocycles. The van der Waals surface area contributed by atoms with Crippen LogP contribution in [0, 0.1) is 5.82 Å². The average Bonchev–Trinajstić information content (AvgIpc) is 2.88. The van der Waals surface area contributed by atoms with Crippen molar-refractivity contribution >= 4 is 11.6 Å². The summed E-state index contributed by atoms with van der Waals surface area (Å²) in [5.41, 5.74) is 2.37. The minimum absolute atomic E-state index is 0.00774. The van der Waals surface area contributed by atoms with E-state index in [1.165, 1.54) is 17.7 Å². The third-order valence-electron chi connectivity index (χ3n) is 4.25. The second kappa shape index (κ2) is 5.76. The second-order valence-electron chi connectivity index (χ2n) is 5.49. The van der Waals surface area contributed by atoms with Gasteiger partial charge in [-0.1, -0.05) is 35.9 Å². The van der Waals surface area contributed by atoms with Crippen molar-refractivity contribution in [2.45, 2.75) is 24.9 Å². The van der Waals surface area contributed by atoms with Gasteiger partial charge in [-0.05, 0) is 42.2 Å². The average molecular weight is 306 g/mol. The van der Waals surface area contributed by atoms with Gasteiger partial charge in [0.15, 0.2) is 0 Å². The number of benzene rings is 2. The van der Waals surface area contributed by atoms with Crippen LogP contribution in [0.5, 0.6) is 0 Å². The van der Waals surface area contributed by atoms with Crippen molar-refractivity contribution in [3.05, 3.63) is 70.0 Å². The van der Waals surface area contributed by atoms with Crippen molar-refractivity contribution < 1.29 is 9.50 Å². The van der Waals surface area contributed by atoms with Crippen molar-refractivity contribution in [2.24, 2.45) is 0 Å². The lowest BCUT2D eigenvalue weighted by Gasteiger charge is -2.30. The quantitative estimate of drug-likeness (QED) is 0.907. The molecule has 0 radical (unpaired) electrons. The summed E-state index contributed by atoms with van der Waals surface area (Å²) in [4.78, 5) is 0. The van der Waals surface area contributed by atoms with Crippen molar-refractivity contribution in [3.8, 4) is 0 Å². The summed E-state index contributed by atoms with van der Waals surface area (Å²) in [5.74, 6) is -0.286. The van der Waals surface area contributed by atoms with Crippen LogP contribution in [0.15, 0.2) is 42.5 Å². The van der Waals surface area contributed by atoms with Gasteiger partial charge in [0.2, 0.25) is 0 Å². The van der Waals surface area contributed by atoms with Crippen molar-refractivity contribution in [3.63, 3.8) is 0 Å². The third kappa shape index (κ3) is 2.69. The first-order chi connectivity index (χ1) is 10.1. The molecule has 1 aliphatic carbocycles. The highest BCUT2D eigenvalue weighted by molar-refractivity contribution is 6.30. The van der Waals surface area contributed by atoms with Gasteiger partial charge in [-0.3, -0.25) is 0 Å². The monoisotopic (exact) mass is 305 g/mol. The molecule has 1 aliphatic rings. The Hall–Kier alpha value is -1.42. The summed E-state index contributed by atoms with van der Waals surface area (Å²) in [5, 5.41) is 13.7. The highest BCUT2D eigenvalue weighted by Crippen LogP contribution is 2.36. The van der Waals surface area contributed by atoms with Crippen LogP contribution in [-0.4, -0.2) is 11.7 Å². The Kier molecular flexibility index (Phi) is 3.98. The summed E-state index contributed by atoms with van der Waals surface area (Å²) in [6.45, 7) is 0.327. The molecule has 0 spiro atoms. The molecular weight excluding hydrogens is 289 g/mol. The van der Waals surface area contributed by atoms with Gasteiger partial charge < -0.3 is 10.4 Å². The zero-order chi connectivity index (χ0) is 14.9. The Labute approximate surface area is 128 Å². The largest absolute Gasteiger partial charge is 0.394 e. The van der Waals surface area contributed by atoms with Gasteiger partial charge >= 0.3 is 0 Å². The van der Waals surface area contributed by atoms with Crippen LogP contribution in [0.2, 0.25) is 5.02 Å². The summed E-state index contributed by atoms with van der Waals surface area (Å²) in [6.07, 6.45) is 1.73. The summed E-state index contributed by atoms with van der Waals surface area (Å²) in [6, 6.07) is 12.6. The Morgan fingerprint density at radius 2 is 2.05 bits per heavy atom. The molecule has 110 valence electrons. The Morgan fingerprint density at radius 1 is 1.24 bits per heavy atom. The zero-order valence-electron chi connectivity index (χ0n) is 11.6. The summed E-state index contributed by atoms with van der Waals surface area (Å²) >= 11 is 5.92. The molecule has 4 heteroatoms. The lowest BCUT2D eigenvalue weighted by atomic mass is 9.92. The van der Waals surface area contributed by atoms with E-state index < -0.39 is 5.54 Å². The first-order valence-corrected chi connectivity index (χ1v) is 7.41. The van der Waals surface area contributed by atoms with Crippen LogP contribution in [0.3, 0.4) is 0 Å². The normalized spacial score (nSPS) is 20.5. The first kappa shape index (κ1) is 14.5. The van der Waals surface area contributed by atoms with Crippen molar-refractivity contribution in [2.75, 3.05) is 6.61 Å². The fraction of sp³-hybridized carbons (Fsp3) is 0.294. The predicted molar refractivity (Wildman–Crippen MR) is 81.8 cm³/mol. The van der Waals surface area contributed by atoms with E-state index in [2.05, 4.69) is 11.4 Å². The van der Waals surface area contributed by atoms with E-state index in [9.17, 15) is 9.50 Å². The van der Waals surface area contributed by atoms with Gasteiger partial charge in [-0.15, -0.1) is 0 Å². The number of halogens is 2. The molecule has 3 rings (SSSR count). The van der Waals surface area contributed by atoms with Gasteiger partial charge in [0.1, 0.15) is 5.82 Å². The molecule has 0 saturated heterocycles. The molecule has 0 aliphatic heterocycles. The minimum Gasteiger partial charge on any atom is -0.394 e. The second-order valence-corrected chi connectivity index (χ2v) is 5.92. The number of aryl methyl sites for hydroxylation is 1. The third-order valence-corrected chi connectivity index (χ3v) is 4.48. The van der Waals surface area contributed by atoms with E-state index in [1.807, 2.05) is 18.2 Å². The van der Waals surface area contributed by atoms with E-state index >= 15 is 0 Å². The van der Waals surface area contributed by atoms with Gasteiger partial charge in [-0.25, -0.2) is 4.39 Å². The molecule has 21 heavy (non-hydrogen) atoms. The lowest BCUT2D eigenvalue weighted by Crippen LogP contribution is -2.43. The van der Waals surface area contributed by atoms with Crippen LogP contribution in [0.1, 0.15) is 23.1 Å². The van der Waals surface area contributed by atoms with Gasteiger partial charge in [0.25, 0.3) is 0 Å². The zero-order valence-corrected chi connectivity index (χ0v) is 12.3. The molecule has 0 heterocycles. The molecule has 0 bridgehead atoms. The maximum absolute atomic E-state index is 13.8. The molecule has 0 fully saturated rings. The molecule has 1 unspecified atom stereocenters. The summed E-state index contributed by atoms with van der Waals surface area (Å²) in [7, 11) is 0. The maximum atomic E-state index is 13.8. The van der Waals surface area contributed by atoms with E-state index in [-0.39, 0.29) is 12.4 Å². The van der Waals surface area contributed by atoms with E-state index in [1.54, 1.807) is 6.07 Å². The molecule has 0 amide bonds. The van der Waals surface area contributed by atoms with E-state index in [4.69, 9.17) is 11.6 Å². The molecule has 2 aromatic rings. The Balaban J connectivity index is 1.85. The van der Waals surface area contributed by atoms with Gasteiger partial charge in [0, 0.05) is 17.1 Å². The van der Waals surface area contributed by atoms with Crippen LogP contribution in [-0.2, 0) is 18.5 Å². The standard InChI is InChI=1S/C17H17ClFNO/c18-14-5-6-16(19)13(9-14)10-20-17(11-21)8-7-12-3-1-2-4-15(12)17/h1-6,9,20-21H,7-8,10-11H2. The fourth-order valence-electron chi connectivity index (χ4n) is 3.03. The number of nitrogens with one attached hydrogen (secondary N) is 1. The van der Waals surface area contributed by atoms with Crippen LogP contribution in [0.4, 0.5) is 4.39 Å². The number of rotatable bonds is 4. The molecule has 0 saturated carbocycles. The minimum atomic E-state index is -0.495. The first-order valence-electron chi connectivity index (χ1n) is 7.03. The molecule has 1 atom stereocenters. The highest BCUT2D eigenvalue weighted by atomic mass is 35.5. The van der Waals surface area contributed by atoms with Crippen LogP contribution in [0.25, 0.3) is 0 Å². The predicted octanol–water partition coefficient (Wildman–Crippen LogP) is 3.40. The summed E-state index contributed by atoms with van der Waals surface area (Å²) < 4.78 is 13.8. The van der Waals surface area contributed by atoms with Gasteiger partial charge in [0.05, 0.1) is 12.1 Å². The smallest absolute Gasteiger partial charge is 0.127 e. The van der Waals surface area contributed by atoms with Crippen molar-refractivity contribution in [1.29, 1.82) is 0 Å². The van der Waals surface area contributed by atoms with E-state index in [0.29, 0.717) is 17.1 Å². The lowest BCUT2D eigenvalue weighted by molar-refractivity contribution is 0.158. The Morgan fingerprint density at radius 3 is 2.86 bits per heavy atom. The van der Waals surface area contributed by atoms with Crippen molar-refractivity contribution in [1.82, 2.24) is 5.32 Å². The van der Waals surface area contributed by atoms with E-state index in [0.717, 1.165) is 18.4 Å². The number of fused-ring (bicyclic) bond motifs is 1. The number of hydrogen-bond acceptors (Lipinski definition) is 2. The molecular formula is C17H17ClFNO. The fourth-order valence-corrected chi connectivity index (χ4v) is 3.23.